The molecule has 6 heteroatoms. The molecule has 0 amide bonds. The van der Waals surface area contributed by atoms with Crippen molar-refractivity contribution in [2.24, 2.45) is 11.8 Å². The number of carbonyl (C=O) groups is 3. The third kappa shape index (κ3) is 2.35. The van der Waals surface area contributed by atoms with Gasteiger partial charge in [-0.15, -0.1) is 0 Å². The van der Waals surface area contributed by atoms with Crippen molar-refractivity contribution in [3.05, 3.63) is 48.0 Å². The lowest BCUT2D eigenvalue weighted by Crippen LogP contribution is -2.64. The third-order valence-corrected chi connectivity index (χ3v) is 4.20. The summed E-state index contributed by atoms with van der Waals surface area (Å²) in [5.74, 6) is -4.39. The van der Waals surface area contributed by atoms with Crippen molar-refractivity contribution in [1.29, 1.82) is 0 Å². The second-order valence-electron chi connectivity index (χ2n) is 5.54. The van der Waals surface area contributed by atoms with E-state index in [1.807, 2.05) is 0 Å². The smallest absolute Gasteiger partial charge is 0.343 e. The monoisotopic (exact) mass is 316 g/mol. The minimum absolute atomic E-state index is 0.129. The minimum Gasteiger partial charge on any atom is -0.466 e. The van der Waals surface area contributed by atoms with Crippen LogP contribution in [0.15, 0.2) is 42.5 Å². The van der Waals surface area contributed by atoms with Gasteiger partial charge in [-0.2, -0.15) is 0 Å². The Morgan fingerprint density at radius 1 is 1.30 bits per heavy atom. The standard InChI is InChI=1S/C17H16O6/c1-2-22-15(19)12-11-8-9-17(21,16(20)23-11)13(12)14(18)10-6-4-3-5-7-10/h3-9,11-13,21H,2H2,1H3/t11-,12-,13-,17-/m1/s1. The maximum atomic E-state index is 12.9. The molecule has 0 radical (unpaired) electrons. The van der Waals surface area contributed by atoms with Crippen LogP contribution in [0.1, 0.15) is 17.3 Å². The zero-order valence-corrected chi connectivity index (χ0v) is 12.5. The number of fused-ring (bicyclic) bond motifs is 2. The normalized spacial score (nSPS) is 31.6. The van der Waals surface area contributed by atoms with Gasteiger partial charge in [0.15, 0.2) is 11.4 Å². The van der Waals surface area contributed by atoms with Crippen molar-refractivity contribution in [2.75, 3.05) is 6.61 Å². The van der Waals surface area contributed by atoms with Gasteiger partial charge in [0.2, 0.25) is 0 Å². The van der Waals surface area contributed by atoms with E-state index in [9.17, 15) is 19.5 Å². The summed E-state index contributed by atoms with van der Waals surface area (Å²) >= 11 is 0. The van der Waals surface area contributed by atoms with Crippen molar-refractivity contribution >= 4 is 17.7 Å². The zero-order valence-electron chi connectivity index (χ0n) is 12.5. The Morgan fingerprint density at radius 2 is 2.00 bits per heavy atom. The van der Waals surface area contributed by atoms with Crippen LogP contribution in [0.2, 0.25) is 0 Å². The van der Waals surface area contributed by atoms with Gasteiger partial charge in [0, 0.05) is 5.56 Å². The highest BCUT2D eigenvalue weighted by Gasteiger charge is 2.62. The number of hydrogen-bond acceptors (Lipinski definition) is 6. The molecular formula is C17H16O6. The van der Waals surface area contributed by atoms with Gasteiger partial charge in [0.05, 0.1) is 12.5 Å². The number of esters is 2. The molecule has 4 rings (SSSR count). The highest BCUT2D eigenvalue weighted by Crippen LogP contribution is 2.43. The summed E-state index contributed by atoms with van der Waals surface area (Å²) in [4.78, 5) is 37.1. The molecule has 1 aliphatic carbocycles. The average Bonchev–Trinajstić information content (AvgIpc) is 2.55. The molecule has 23 heavy (non-hydrogen) atoms. The summed E-state index contributed by atoms with van der Waals surface area (Å²) in [7, 11) is 0. The largest absolute Gasteiger partial charge is 0.466 e. The highest BCUT2D eigenvalue weighted by atomic mass is 16.6. The van der Waals surface area contributed by atoms with E-state index in [4.69, 9.17) is 9.47 Å². The molecule has 2 aliphatic heterocycles. The SMILES string of the molecule is CCOC(=O)[C@@H]1[C@H]2C=C[C@](O)(C(=O)O2)[C@H]1C(=O)c1ccccc1. The van der Waals surface area contributed by atoms with Gasteiger partial charge in [0.25, 0.3) is 0 Å². The number of ketones is 1. The lowest BCUT2D eigenvalue weighted by atomic mass is 9.66. The van der Waals surface area contributed by atoms with Crippen molar-refractivity contribution in [3.63, 3.8) is 0 Å². The fourth-order valence-electron chi connectivity index (χ4n) is 3.11. The van der Waals surface area contributed by atoms with E-state index in [0.29, 0.717) is 5.56 Å². The number of ether oxygens (including phenoxy) is 2. The molecule has 1 saturated heterocycles. The van der Waals surface area contributed by atoms with Crippen LogP contribution in [-0.4, -0.2) is 41.1 Å². The van der Waals surface area contributed by atoms with E-state index in [-0.39, 0.29) is 6.61 Å². The van der Waals surface area contributed by atoms with Gasteiger partial charge >= 0.3 is 11.9 Å². The van der Waals surface area contributed by atoms with Crippen LogP contribution in [0.5, 0.6) is 0 Å². The van der Waals surface area contributed by atoms with Crippen molar-refractivity contribution in [1.82, 2.24) is 0 Å². The summed E-state index contributed by atoms with van der Waals surface area (Å²) in [5.41, 5.74) is -1.84. The molecule has 0 unspecified atom stereocenters. The van der Waals surface area contributed by atoms with Gasteiger partial charge in [-0.25, -0.2) is 4.79 Å². The van der Waals surface area contributed by atoms with Crippen LogP contribution in [0.3, 0.4) is 0 Å². The second kappa shape index (κ2) is 5.62. The summed E-state index contributed by atoms with van der Waals surface area (Å²) < 4.78 is 10.1. The number of rotatable bonds is 4. The Morgan fingerprint density at radius 3 is 2.61 bits per heavy atom. The quantitative estimate of drug-likeness (QED) is 0.504. The molecular weight excluding hydrogens is 300 g/mol. The summed E-state index contributed by atoms with van der Waals surface area (Å²) in [6.07, 6.45) is 1.76. The molecule has 2 bridgehead atoms. The number of hydrogen-bond donors (Lipinski definition) is 1. The maximum Gasteiger partial charge on any atom is 0.343 e. The van der Waals surface area contributed by atoms with Crippen molar-refractivity contribution in [3.8, 4) is 0 Å². The van der Waals surface area contributed by atoms with Gasteiger partial charge in [0.1, 0.15) is 12.0 Å². The number of carbonyl (C=O) groups excluding carboxylic acids is 3. The lowest BCUT2D eigenvalue weighted by Gasteiger charge is -2.45. The molecule has 4 atom stereocenters. The Balaban J connectivity index is 2.05. The Kier molecular flexibility index (Phi) is 3.77. The lowest BCUT2D eigenvalue weighted by molar-refractivity contribution is -0.196. The third-order valence-electron chi connectivity index (χ3n) is 4.20. The molecule has 3 aliphatic rings. The first-order valence-corrected chi connectivity index (χ1v) is 7.37. The molecule has 1 fully saturated rings. The van der Waals surface area contributed by atoms with Crippen LogP contribution in [0, 0.1) is 11.8 Å². The summed E-state index contributed by atoms with van der Waals surface area (Å²) in [5, 5.41) is 10.7. The topological polar surface area (TPSA) is 89.9 Å². The first kappa shape index (κ1) is 15.4. The van der Waals surface area contributed by atoms with Gasteiger partial charge in [-0.3, -0.25) is 9.59 Å². The van der Waals surface area contributed by atoms with Crippen LogP contribution in [0.4, 0.5) is 0 Å². The first-order valence-electron chi connectivity index (χ1n) is 7.37. The number of Topliss-reactive ketones (excluding diaryl/α,β-unsaturated/α-hetero) is 1. The van der Waals surface area contributed by atoms with E-state index in [0.717, 1.165) is 0 Å². The van der Waals surface area contributed by atoms with Crippen LogP contribution < -0.4 is 0 Å². The van der Waals surface area contributed by atoms with Crippen LogP contribution in [0.25, 0.3) is 0 Å². The number of benzene rings is 1. The van der Waals surface area contributed by atoms with E-state index in [1.165, 1.54) is 12.2 Å². The Hall–Kier alpha value is -2.47. The van der Waals surface area contributed by atoms with Gasteiger partial charge < -0.3 is 14.6 Å². The highest BCUT2D eigenvalue weighted by molar-refractivity contribution is 6.06. The van der Waals surface area contributed by atoms with E-state index in [2.05, 4.69) is 0 Å². The molecule has 0 saturated carbocycles. The summed E-state index contributed by atoms with van der Waals surface area (Å²) in [6.45, 7) is 1.77. The molecule has 1 aromatic carbocycles. The van der Waals surface area contributed by atoms with Crippen LogP contribution >= 0.6 is 0 Å². The first-order chi connectivity index (χ1) is 11.0. The fourth-order valence-corrected chi connectivity index (χ4v) is 3.11. The van der Waals surface area contributed by atoms with Crippen molar-refractivity contribution < 1.29 is 29.0 Å². The molecule has 6 nitrogen and oxygen atoms in total. The molecule has 2 heterocycles. The predicted molar refractivity (Wildman–Crippen MR) is 78.4 cm³/mol. The predicted octanol–water partition coefficient (Wildman–Crippen LogP) is 0.891. The molecule has 1 N–H and O–H groups in total. The molecule has 0 aromatic heterocycles. The van der Waals surface area contributed by atoms with Crippen molar-refractivity contribution in [2.45, 2.75) is 18.6 Å². The van der Waals surface area contributed by atoms with E-state index >= 15 is 0 Å². The Bertz CT molecular complexity index is 680. The maximum absolute atomic E-state index is 12.9. The fraction of sp³-hybridized carbons (Fsp3) is 0.353. The number of aliphatic hydroxyl groups is 1. The second-order valence-corrected chi connectivity index (χ2v) is 5.54. The zero-order chi connectivity index (χ0) is 16.6. The average molecular weight is 316 g/mol. The molecule has 0 spiro atoms. The van der Waals surface area contributed by atoms with Crippen LogP contribution in [-0.2, 0) is 19.1 Å². The van der Waals surface area contributed by atoms with Gasteiger partial charge in [-0.05, 0) is 19.1 Å². The Labute approximate surface area is 132 Å². The summed E-state index contributed by atoms with van der Waals surface area (Å²) in [6, 6.07) is 8.24. The van der Waals surface area contributed by atoms with E-state index in [1.54, 1.807) is 37.3 Å². The minimum atomic E-state index is -2.15. The molecule has 1 aromatic rings. The van der Waals surface area contributed by atoms with Gasteiger partial charge in [-0.1, -0.05) is 30.3 Å². The molecule has 120 valence electrons. The van der Waals surface area contributed by atoms with E-state index < -0.39 is 41.3 Å².